The van der Waals surface area contributed by atoms with E-state index >= 15 is 0 Å². The molecule has 0 bridgehead atoms. The number of hydrogen-bond donors (Lipinski definition) is 4. The standard InChI is InChI=1S/C18H20F2N2O4/c19-13-8-12(9-14(20)16(13)21)17(24)15(23)6-7-22-18(25)26-10-11-4-2-1-3-5-11/h1-5,8-9,15,17,23-24H,6-7,10,21H2,(H,22,25). The van der Waals surface area contributed by atoms with E-state index in [1.165, 1.54) is 0 Å². The number of nitrogens with one attached hydrogen (secondary N) is 1. The number of carbonyl (C=O) groups excluding carboxylic acids is 1. The molecule has 0 aliphatic rings. The number of aliphatic hydroxyl groups is 2. The van der Waals surface area contributed by atoms with Gasteiger partial charge in [0.1, 0.15) is 30.0 Å². The van der Waals surface area contributed by atoms with Crippen LogP contribution in [0.15, 0.2) is 42.5 Å². The number of alkyl carbamates (subject to hydrolysis) is 1. The van der Waals surface area contributed by atoms with Crippen LogP contribution in [0, 0.1) is 11.6 Å². The number of benzene rings is 2. The van der Waals surface area contributed by atoms with Crippen molar-refractivity contribution in [1.29, 1.82) is 0 Å². The zero-order chi connectivity index (χ0) is 19.1. The normalized spacial score (nSPS) is 13.1. The van der Waals surface area contributed by atoms with Crippen molar-refractivity contribution in [3.05, 3.63) is 65.2 Å². The lowest BCUT2D eigenvalue weighted by Gasteiger charge is -2.19. The Morgan fingerprint density at radius 1 is 1.15 bits per heavy atom. The topological polar surface area (TPSA) is 105 Å². The van der Waals surface area contributed by atoms with Gasteiger partial charge in [0.05, 0.1) is 6.10 Å². The van der Waals surface area contributed by atoms with Crippen LogP contribution < -0.4 is 11.1 Å². The molecule has 0 fully saturated rings. The smallest absolute Gasteiger partial charge is 0.407 e. The van der Waals surface area contributed by atoms with Crippen LogP contribution in [0.25, 0.3) is 0 Å². The number of amides is 1. The predicted octanol–water partition coefficient (Wildman–Crippen LogP) is 2.26. The molecule has 0 saturated heterocycles. The summed E-state index contributed by atoms with van der Waals surface area (Å²) in [6, 6.07) is 10.8. The van der Waals surface area contributed by atoms with Crippen molar-refractivity contribution < 1.29 is 28.5 Å². The lowest BCUT2D eigenvalue weighted by molar-refractivity contribution is 0.0133. The minimum atomic E-state index is -1.53. The van der Waals surface area contributed by atoms with Gasteiger partial charge in [0.25, 0.3) is 0 Å². The maximum Gasteiger partial charge on any atom is 0.407 e. The van der Waals surface area contributed by atoms with Crippen molar-refractivity contribution in [3.8, 4) is 0 Å². The minimum absolute atomic E-state index is 0.00574. The molecule has 0 saturated carbocycles. The van der Waals surface area contributed by atoms with E-state index in [1.54, 1.807) is 12.1 Å². The zero-order valence-electron chi connectivity index (χ0n) is 13.9. The van der Waals surface area contributed by atoms with Gasteiger partial charge in [-0.3, -0.25) is 0 Å². The van der Waals surface area contributed by atoms with Gasteiger partial charge in [0.2, 0.25) is 0 Å². The van der Waals surface area contributed by atoms with E-state index in [-0.39, 0.29) is 25.1 Å². The molecule has 2 unspecified atom stereocenters. The summed E-state index contributed by atoms with van der Waals surface area (Å²) in [5.41, 5.74) is 5.18. The van der Waals surface area contributed by atoms with Crippen LogP contribution in [-0.4, -0.2) is 29.0 Å². The Balaban J connectivity index is 1.77. The second kappa shape index (κ2) is 9.12. The lowest BCUT2D eigenvalue weighted by Crippen LogP contribution is -2.29. The number of carbonyl (C=O) groups is 1. The predicted molar refractivity (Wildman–Crippen MR) is 91.0 cm³/mol. The molecule has 5 N–H and O–H groups in total. The third-order valence-electron chi connectivity index (χ3n) is 3.73. The third kappa shape index (κ3) is 5.40. The average molecular weight is 366 g/mol. The van der Waals surface area contributed by atoms with Crippen LogP contribution in [0.2, 0.25) is 0 Å². The van der Waals surface area contributed by atoms with Crippen LogP contribution in [0.5, 0.6) is 0 Å². The second-order valence-corrected chi connectivity index (χ2v) is 5.69. The summed E-state index contributed by atoms with van der Waals surface area (Å²) in [4.78, 5) is 11.6. The Bertz CT molecular complexity index is 720. The quantitative estimate of drug-likeness (QED) is 0.563. The summed E-state index contributed by atoms with van der Waals surface area (Å²) in [5, 5.41) is 22.3. The number of aliphatic hydroxyl groups excluding tert-OH is 2. The monoisotopic (exact) mass is 366 g/mol. The Kier molecular flexibility index (Phi) is 6.88. The molecule has 0 heterocycles. The molecule has 0 aromatic heterocycles. The maximum atomic E-state index is 13.4. The summed E-state index contributed by atoms with van der Waals surface area (Å²) < 4.78 is 31.8. The van der Waals surface area contributed by atoms with Gasteiger partial charge in [-0.15, -0.1) is 0 Å². The summed E-state index contributed by atoms with van der Waals surface area (Å²) >= 11 is 0. The van der Waals surface area contributed by atoms with Crippen molar-refractivity contribution in [2.75, 3.05) is 12.3 Å². The average Bonchev–Trinajstić information content (AvgIpc) is 2.64. The molecule has 2 aromatic carbocycles. The van der Waals surface area contributed by atoms with Crippen molar-refractivity contribution in [2.45, 2.75) is 25.2 Å². The van der Waals surface area contributed by atoms with Crippen molar-refractivity contribution >= 4 is 11.8 Å². The number of rotatable bonds is 7. The molecule has 0 aliphatic heterocycles. The summed E-state index contributed by atoms with van der Waals surface area (Å²) in [5.74, 6) is -2.04. The van der Waals surface area contributed by atoms with E-state index in [4.69, 9.17) is 10.5 Å². The number of nitrogen functional groups attached to an aromatic ring is 1. The number of nitrogens with two attached hydrogens (primary N) is 1. The Morgan fingerprint density at radius 3 is 2.38 bits per heavy atom. The molecule has 0 radical (unpaired) electrons. The summed E-state index contributed by atoms with van der Waals surface area (Å²) in [7, 11) is 0. The highest BCUT2D eigenvalue weighted by Gasteiger charge is 2.21. The molecule has 2 atom stereocenters. The van der Waals surface area contributed by atoms with E-state index in [1.807, 2.05) is 18.2 Å². The van der Waals surface area contributed by atoms with E-state index in [0.717, 1.165) is 17.7 Å². The summed E-state index contributed by atoms with van der Waals surface area (Å²) in [6.07, 6.45) is -3.59. The van der Waals surface area contributed by atoms with Crippen LogP contribution in [0.4, 0.5) is 19.3 Å². The van der Waals surface area contributed by atoms with Crippen LogP contribution in [0.3, 0.4) is 0 Å². The summed E-state index contributed by atoms with van der Waals surface area (Å²) in [6.45, 7) is 0.105. The van der Waals surface area contributed by atoms with Gasteiger partial charge in [-0.05, 0) is 29.7 Å². The van der Waals surface area contributed by atoms with Crippen LogP contribution >= 0.6 is 0 Å². The number of ether oxygens (including phenoxy) is 1. The van der Waals surface area contributed by atoms with E-state index in [2.05, 4.69) is 5.32 Å². The lowest BCUT2D eigenvalue weighted by atomic mass is 10.0. The Morgan fingerprint density at radius 2 is 1.77 bits per heavy atom. The number of anilines is 1. The van der Waals surface area contributed by atoms with Gasteiger partial charge in [0, 0.05) is 6.54 Å². The van der Waals surface area contributed by atoms with Gasteiger partial charge in [-0.2, -0.15) is 0 Å². The fraction of sp³-hybridized carbons (Fsp3) is 0.278. The largest absolute Gasteiger partial charge is 0.445 e. The first-order chi connectivity index (χ1) is 12.4. The first kappa shape index (κ1) is 19.6. The minimum Gasteiger partial charge on any atom is -0.445 e. The molecule has 26 heavy (non-hydrogen) atoms. The first-order valence-corrected chi connectivity index (χ1v) is 7.93. The third-order valence-corrected chi connectivity index (χ3v) is 3.73. The molecule has 6 nitrogen and oxygen atoms in total. The number of hydrogen-bond acceptors (Lipinski definition) is 5. The highest BCUT2D eigenvalue weighted by atomic mass is 19.1. The highest BCUT2D eigenvalue weighted by Crippen LogP contribution is 2.24. The molecule has 0 spiro atoms. The Labute approximate surface area is 149 Å². The fourth-order valence-corrected chi connectivity index (χ4v) is 2.25. The second-order valence-electron chi connectivity index (χ2n) is 5.69. The fourth-order valence-electron chi connectivity index (χ4n) is 2.25. The van der Waals surface area contributed by atoms with Crippen LogP contribution in [0.1, 0.15) is 23.7 Å². The van der Waals surface area contributed by atoms with E-state index < -0.39 is 35.6 Å². The molecule has 140 valence electrons. The zero-order valence-corrected chi connectivity index (χ0v) is 13.9. The highest BCUT2D eigenvalue weighted by molar-refractivity contribution is 5.67. The van der Waals surface area contributed by atoms with E-state index in [9.17, 15) is 23.8 Å². The van der Waals surface area contributed by atoms with Crippen molar-refractivity contribution in [2.24, 2.45) is 0 Å². The maximum absolute atomic E-state index is 13.4. The number of halogens is 2. The molecule has 2 aromatic rings. The van der Waals surface area contributed by atoms with Crippen LogP contribution in [-0.2, 0) is 11.3 Å². The Hall–Kier alpha value is -2.71. The molecule has 8 heteroatoms. The molecule has 0 aliphatic carbocycles. The SMILES string of the molecule is Nc1c(F)cc(C(O)C(O)CCNC(=O)OCc2ccccc2)cc1F. The molecular weight excluding hydrogens is 346 g/mol. The van der Waals surface area contributed by atoms with Crippen molar-refractivity contribution in [1.82, 2.24) is 5.32 Å². The molecule has 2 rings (SSSR count). The van der Waals surface area contributed by atoms with Gasteiger partial charge in [0.15, 0.2) is 0 Å². The molecule has 1 amide bonds. The van der Waals surface area contributed by atoms with Gasteiger partial charge < -0.3 is 26.0 Å². The van der Waals surface area contributed by atoms with Gasteiger partial charge in [-0.1, -0.05) is 30.3 Å². The van der Waals surface area contributed by atoms with Gasteiger partial charge in [-0.25, -0.2) is 13.6 Å². The van der Waals surface area contributed by atoms with Gasteiger partial charge >= 0.3 is 6.09 Å². The van der Waals surface area contributed by atoms with E-state index in [0.29, 0.717) is 0 Å². The van der Waals surface area contributed by atoms with Crippen molar-refractivity contribution in [3.63, 3.8) is 0 Å². The first-order valence-electron chi connectivity index (χ1n) is 7.93. The molecular formula is C18H20F2N2O4.